The van der Waals surface area contributed by atoms with Crippen molar-refractivity contribution in [1.29, 1.82) is 0 Å². The third-order valence-electron chi connectivity index (χ3n) is 4.98. The molecular weight excluding hydrogens is 437 g/mol. The molecule has 0 radical (unpaired) electrons. The first-order valence-corrected chi connectivity index (χ1v) is 10.0. The minimum absolute atomic E-state index is 0.134. The summed E-state index contributed by atoms with van der Waals surface area (Å²) in [4.78, 5) is 25.2. The van der Waals surface area contributed by atoms with Crippen LogP contribution >= 0.6 is 0 Å². The van der Waals surface area contributed by atoms with Crippen LogP contribution in [0.15, 0.2) is 66.7 Å². The number of para-hydroxylation sites is 1. The summed E-state index contributed by atoms with van der Waals surface area (Å²) in [7, 11) is 0. The summed E-state index contributed by atoms with van der Waals surface area (Å²) in [6.07, 6.45) is -4.57. The predicted molar refractivity (Wildman–Crippen MR) is 114 cm³/mol. The van der Waals surface area contributed by atoms with E-state index in [1.54, 1.807) is 36.4 Å². The van der Waals surface area contributed by atoms with Crippen molar-refractivity contribution in [2.75, 3.05) is 12.1 Å². The SMILES string of the molecule is O=C(Cc1ccc(C(F)(F)F)cc1)Nc1ccccc1C(=O)NCc1ccc2c(c1)OCO2. The van der Waals surface area contributed by atoms with Crippen LogP contribution in [0.5, 0.6) is 11.5 Å². The van der Waals surface area contributed by atoms with Crippen molar-refractivity contribution < 1.29 is 32.2 Å². The number of halogens is 3. The van der Waals surface area contributed by atoms with Crippen molar-refractivity contribution in [3.63, 3.8) is 0 Å². The molecule has 0 aliphatic carbocycles. The summed E-state index contributed by atoms with van der Waals surface area (Å²) in [6, 6.07) is 16.2. The fraction of sp³-hybridized carbons (Fsp3) is 0.167. The van der Waals surface area contributed by atoms with Gasteiger partial charge in [0.25, 0.3) is 5.91 Å². The van der Waals surface area contributed by atoms with Crippen LogP contribution in [0.3, 0.4) is 0 Å². The number of alkyl halides is 3. The Morgan fingerprint density at radius 3 is 2.33 bits per heavy atom. The Labute approximate surface area is 187 Å². The predicted octanol–water partition coefficient (Wildman–Crippen LogP) is 4.55. The zero-order valence-corrected chi connectivity index (χ0v) is 17.2. The van der Waals surface area contributed by atoms with E-state index in [9.17, 15) is 22.8 Å². The molecule has 0 fully saturated rings. The van der Waals surface area contributed by atoms with Gasteiger partial charge in [-0.25, -0.2) is 0 Å². The van der Waals surface area contributed by atoms with Crippen molar-refractivity contribution in [2.24, 2.45) is 0 Å². The van der Waals surface area contributed by atoms with Crippen molar-refractivity contribution in [2.45, 2.75) is 19.1 Å². The largest absolute Gasteiger partial charge is 0.454 e. The maximum Gasteiger partial charge on any atom is 0.416 e. The van der Waals surface area contributed by atoms with Gasteiger partial charge in [0.15, 0.2) is 11.5 Å². The van der Waals surface area contributed by atoms with Gasteiger partial charge in [0, 0.05) is 6.54 Å². The lowest BCUT2D eigenvalue weighted by Crippen LogP contribution is -2.25. The molecule has 6 nitrogen and oxygen atoms in total. The Bertz CT molecular complexity index is 1180. The minimum atomic E-state index is -4.44. The van der Waals surface area contributed by atoms with Crippen LogP contribution in [0.25, 0.3) is 0 Å². The Hall–Kier alpha value is -4.01. The number of ether oxygens (including phenoxy) is 2. The van der Waals surface area contributed by atoms with Gasteiger partial charge >= 0.3 is 6.18 Å². The molecule has 0 spiro atoms. The molecule has 0 bridgehead atoms. The number of hydrogen-bond acceptors (Lipinski definition) is 4. The smallest absolute Gasteiger partial charge is 0.416 e. The zero-order valence-electron chi connectivity index (χ0n) is 17.2. The van der Waals surface area contributed by atoms with E-state index in [0.717, 1.165) is 17.7 Å². The van der Waals surface area contributed by atoms with Crippen LogP contribution in [0.4, 0.5) is 18.9 Å². The molecule has 0 saturated heterocycles. The number of nitrogens with one attached hydrogen (secondary N) is 2. The van der Waals surface area contributed by atoms with Gasteiger partial charge < -0.3 is 20.1 Å². The van der Waals surface area contributed by atoms with Crippen LogP contribution in [0, 0.1) is 0 Å². The van der Waals surface area contributed by atoms with Crippen molar-refractivity contribution in [3.05, 3.63) is 89.0 Å². The third-order valence-corrected chi connectivity index (χ3v) is 4.98. The second-order valence-corrected chi connectivity index (χ2v) is 7.34. The lowest BCUT2D eigenvalue weighted by Gasteiger charge is -2.12. The van der Waals surface area contributed by atoms with Crippen molar-refractivity contribution in [3.8, 4) is 11.5 Å². The van der Waals surface area contributed by atoms with E-state index in [4.69, 9.17) is 9.47 Å². The Kier molecular flexibility index (Phi) is 6.21. The van der Waals surface area contributed by atoms with E-state index in [0.29, 0.717) is 22.7 Å². The number of carbonyl (C=O) groups excluding carboxylic acids is 2. The van der Waals surface area contributed by atoms with Gasteiger partial charge in [0.05, 0.1) is 23.2 Å². The Morgan fingerprint density at radius 2 is 1.58 bits per heavy atom. The molecule has 33 heavy (non-hydrogen) atoms. The first kappa shape index (κ1) is 22.2. The maximum atomic E-state index is 12.7. The minimum Gasteiger partial charge on any atom is -0.454 e. The number of amides is 2. The molecule has 4 rings (SSSR count). The molecule has 2 amide bonds. The monoisotopic (exact) mass is 456 g/mol. The molecule has 1 aliphatic heterocycles. The highest BCUT2D eigenvalue weighted by atomic mass is 19.4. The van der Waals surface area contributed by atoms with E-state index >= 15 is 0 Å². The molecule has 2 N–H and O–H groups in total. The van der Waals surface area contributed by atoms with Crippen LogP contribution in [-0.2, 0) is 23.9 Å². The summed E-state index contributed by atoms with van der Waals surface area (Å²) < 4.78 is 48.7. The molecule has 1 heterocycles. The number of benzene rings is 3. The van der Waals surface area contributed by atoms with Gasteiger partial charge in [-0.05, 0) is 47.5 Å². The topological polar surface area (TPSA) is 76.7 Å². The van der Waals surface area contributed by atoms with Crippen LogP contribution in [0.1, 0.15) is 27.0 Å². The molecule has 0 atom stereocenters. The van der Waals surface area contributed by atoms with Gasteiger partial charge in [-0.15, -0.1) is 0 Å². The zero-order chi connectivity index (χ0) is 23.4. The lowest BCUT2D eigenvalue weighted by molar-refractivity contribution is -0.137. The molecule has 1 aliphatic rings. The van der Waals surface area contributed by atoms with Gasteiger partial charge in [0.2, 0.25) is 12.7 Å². The molecule has 3 aromatic rings. The van der Waals surface area contributed by atoms with Crippen LogP contribution < -0.4 is 20.1 Å². The third kappa shape index (κ3) is 5.43. The number of anilines is 1. The summed E-state index contributed by atoms with van der Waals surface area (Å²) in [5, 5.41) is 5.46. The van der Waals surface area contributed by atoms with Crippen LogP contribution in [-0.4, -0.2) is 18.6 Å². The highest BCUT2D eigenvalue weighted by molar-refractivity contribution is 6.04. The summed E-state index contributed by atoms with van der Waals surface area (Å²) >= 11 is 0. The molecule has 170 valence electrons. The summed E-state index contributed by atoms with van der Waals surface area (Å²) in [5.74, 6) is 0.410. The normalized spacial score (nSPS) is 12.3. The van der Waals surface area contributed by atoms with Gasteiger partial charge in [-0.1, -0.05) is 30.3 Å². The number of hydrogen-bond donors (Lipinski definition) is 2. The van der Waals surface area contributed by atoms with E-state index < -0.39 is 23.6 Å². The fourth-order valence-corrected chi connectivity index (χ4v) is 3.31. The maximum absolute atomic E-state index is 12.7. The Morgan fingerprint density at radius 1 is 0.879 bits per heavy atom. The molecule has 9 heteroatoms. The molecule has 0 unspecified atom stereocenters. The quantitative estimate of drug-likeness (QED) is 0.571. The highest BCUT2D eigenvalue weighted by Gasteiger charge is 2.30. The number of carbonyl (C=O) groups is 2. The van der Waals surface area contributed by atoms with Gasteiger partial charge in [0.1, 0.15) is 0 Å². The first-order chi connectivity index (χ1) is 15.8. The standard InChI is InChI=1S/C24H19F3N2O4/c25-24(26,27)17-8-5-15(6-9-17)12-22(30)29-19-4-2-1-3-18(19)23(31)28-13-16-7-10-20-21(11-16)33-14-32-20/h1-11H,12-14H2,(H,28,31)(H,29,30). The number of fused-ring (bicyclic) bond motifs is 1. The van der Waals surface area contributed by atoms with Crippen LogP contribution in [0.2, 0.25) is 0 Å². The number of rotatable bonds is 6. The molecule has 0 aromatic heterocycles. The van der Waals surface area contributed by atoms with E-state index in [2.05, 4.69) is 10.6 Å². The average Bonchev–Trinajstić information content (AvgIpc) is 3.25. The summed E-state index contributed by atoms with van der Waals surface area (Å²) in [6.45, 7) is 0.397. The fourth-order valence-electron chi connectivity index (χ4n) is 3.31. The van der Waals surface area contributed by atoms with E-state index in [1.165, 1.54) is 12.1 Å². The second kappa shape index (κ2) is 9.23. The van der Waals surface area contributed by atoms with Gasteiger partial charge in [-0.2, -0.15) is 13.2 Å². The molecule has 3 aromatic carbocycles. The Balaban J connectivity index is 1.38. The lowest BCUT2D eigenvalue weighted by atomic mass is 10.1. The van der Waals surface area contributed by atoms with E-state index in [1.807, 2.05) is 6.07 Å². The highest BCUT2D eigenvalue weighted by Crippen LogP contribution is 2.32. The van der Waals surface area contributed by atoms with E-state index in [-0.39, 0.29) is 25.3 Å². The average molecular weight is 456 g/mol. The van der Waals surface area contributed by atoms with Gasteiger partial charge in [-0.3, -0.25) is 9.59 Å². The second-order valence-electron chi connectivity index (χ2n) is 7.34. The molecule has 0 saturated carbocycles. The van der Waals surface area contributed by atoms with Crippen molar-refractivity contribution >= 4 is 17.5 Å². The summed E-state index contributed by atoms with van der Waals surface area (Å²) in [5.41, 5.74) is 1.02. The molecular formula is C24H19F3N2O4. The van der Waals surface area contributed by atoms with Crippen molar-refractivity contribution in [1.82, 2.24) is 5.32 Å². The first-order valence-electron chi connectivity index (χ1n) is 10.0.